The largest absolute Gasteiger partial charge is 0.416 e. The first-order chi connectivity index (χ1) is 13.0. The fraction of sp³-hybridized carbons (Fsp3) is 0.500. The highest BCUT2D eigenvalue weighted by Gasteiger charge is 2.34. The van der Waals surface area contributed by atoms with E-state index in [0.717, 1.165) is 37.8 Å². The Morgan fingerprint density at radius 3 is 2.32 bits per heavy atom. The Kier molecular flexibility index (Phi) is 5.53. The van der Waals surface area contributed by atoms with E-state index < -0.39 is 17.9 Å². The van der Waals surface area contributed by atoms with Crippen molar-refractivity contribution in [2.45, 2.75) is 57.6 Å². The van der Waals surface area contributed by atoms with Crippen molar-refractivity contribution < 1.29 is 31.1 Å². The highest BCUT2D eigenvalue weighted by molar-refractivity contribution is 5.95. The van der Waals surface area contributed by atoms with Gasteiger partial charge in [-0.1, -0.05) is 18.9 Å². The summed E-state index contributed by atoms with van der Waals surface area (Å²) in [6.45, 7) is 1.33. The molecule has 28 heavy (non-hydrogen) atoms. The molecule has 0 amide bonds. The second kappa shape index (κ2) is 7.46. The van der Waals surface area contributed by atoms with Crippen LogP contribution >= 0.6 is 0 Å². The third kappa shape index (κ3) is 4.06. The van der Waals surface area contributed by atoms with Crippen LogP contribution in [-0.4, -0.2) is 17.9 Å². The molecular formula is C20H21F6NO. The lowest BCUT2D eigenvalue weighted by molar-refractivity contribution is -0.137. The topological polar surface area (TPSA) is 14.2 Å². The molecule has 1 aliphatic rings. The summed E-state index contributed by atoms with van der Waals surface area (Å²) >= 11 is 0. The van der Waals surface area contributed by atoms with Crippen molar-refractivity contribution in [3.05, 3.63) is 41.1 Å². The summed E-state index contributed by atoms with van der Waals surface area (Å²) in [5, 5.41) is 0.380. The van der Waals surface area contributed by atoms with Crippen molar-refractivity contribution in [2.24, 2.45) is 0 Å². The minimum absolute atomic E-state index is 0.00554. The SMILES string of the molecule is COCn1c(C2CCCC2)c(/C(C)=C\C(F)(F)F)c2ccc(C(F)(F)F)cc21. The number of allylic oxidation sites excluding steroid dienone is 2. The van der Waals surface area contributed by atoms with Gasteiger partial charge in [-0.15, -0.1) is 0 Å². The molecule has 0 atom stereocenters. The number of halogens is 6. The van der Waals surface area contributed by atoms with Crippen LogP contribution in [0.15, 0.2) is 24.3 Å². The van der Waals surface area contributed by atoms with Gasteiger partial charge in [-0.05, 0) is 43.4 Å². The van der Waals surface area contributed by atoms with E-state index >= 15 is 0 Å². The fourth-order valence-corrected chi connectivity index (χ4v) is 4.17. The molecule has 1 aromatic carbocycles. The average molecular weight is 405 g/mol. The van der Waals surface area contributed by atoms with Crippen LogP contribution in [0.5, 0.6) is 0 Å². The van der Waals surface area contributed by atoms with Crippen LogP contribution < -0.4 is 0 Å². The summed E-state index contributed by atoms with van der Waals surface area (Å²) < 4.78 is 85.5. The molecule has 1 heterocycles. The van der Waals surface area contributed by atoms with Crippen LogP contribution in [-0.2, 0) is 17.6 Å². The number of benzene rings is 1. The van der Waals surface area contributed by atoms with Crippen LogP contribution in [0.4, 0.5) is 26.3 Å². The van der Waals surface area contributed by atoms with Crippen molar-refractivity contribution in [2.75, 3.05) is 7.11 Å². The number of methoxy groups -OCH3 is 1. The lowest BCUT2D eigenvalue weighted by Crippen LogP contribution is -2.10. The minimum atomic E-state index is -4.54. The summed E-state index contributed by atoms with van der Waals surface area (Å²) in [5.74, 6) is -0.0107. The van der Waals surface area contributed by atoms with E-state index in [9.17, 15) is 26.3 Å². The molecule has 2 aromatic rings. The molecule has 1 aromatic heterocycles. The Bertz CT molecular complexity index is 885. The summed E-state index contributed by atoms with van der Waals surface area (Å²) in [6, 6.07) is 3.19. The number of fused-ring (bicyclic) bond motifs is 1. The van der Waals surface area contributed by atoms with Gasteiger partial charge in [0.1, 0.15) is 6.73 Å². The van der Waals surface area contributed by atoms with Gasteiger partial charge in [0.25, 0.3) is 0 Å². The highest BCUT2D eigenvalue weighted by Crippen LogP contribution is 2.44. The molecular weight excluding hydrogens is 384 g/mol. The molecule has 0 saturated heterocycles. The van der Waals surface area contributed by atoms with Gasteiger partial charge >= 0.3 is 12.4 Å². The predicted octanol–water partition coefficient (Wildman–Crippen LogP) is 6.89. The Morgan fingerprint density at radius 2 is 1.79 bits per heavy atom. The van der Waals surface area contributed by atoms with Crippen molar-refractivity contribution in [1.82, 2.24) is 4.57 Å². The Balaban J connectivity index is 2.35. The molecule has 0 radical (unpaired) electrons. The molecule has 0 spiro atoms. The Morgan fingerprint density at radius 1 is 1.14 bits per heavy atom. The standard InChI is InChI=1S/C20H21F6NO/c1-12(10-19(21,22)23)17-15-8-7-14(20(24,25)26)9-16(15)27(11-28-2)18(17)13-5-3-4-6-13/h7-10,13H,3-6,11H2,1-2H3/b12-10-. The van der Waals surface area contributed by atoms with Crippen molar-refractivity contribution in [3.63, 3.8) is 0 Å². The van der Waals surface area contributed by atoms with Crippen LogP contribution in [0, 0.1) is 0 Å². The maximum atomic E-state index is 13.2. The molecule has 1 saturated carbocycles. The molecule has 0 unspecified atom stereocenters. The predicted molar refractivity (Wildman–Crippen MR) is 94.9 cm³/mol. The molecule has 8 heteroatoms. The molecule has 0 aliphatic heterocycles. The monoisotopic (exact) mass is 405 g/mol. The van der Waals surface area contributed by atoms with E-state index in [1.165, 1.54) is 20.1 Å². The van der Waals surface area contributed by atoms with Crippen molar-refractivity contribution in [3.8, 4) is 0 Å². The summed E-state index contributed by atoms with van der Waals surface area (Å²) in [5.41, 5.74) is 0.394. The summed E-state index contributed by atoms with van der Waals surface area (Å²) in [6.07, 6.45) is -5.38. The molecule has 0 N–H and O–H groups in total. The van der Waals surface area contributed by atoms with E-state index in [2.05, 4.69) is 0 Å². The number of hydrogen-bond donors (Lipinski definition) is 0. The van der Waals surface area contributed by atoms with Gasteiger partial charge in [0.15, 0.2) is 0 Å². The number of hydrogen-bond acceptors (Lipinski definition) is 1. The van der Waals surface area contributed by atoms with Gasteiger partial charge in [-0.25, -0.2) is 0 Å². The smallest absolute Gasteiger partial charge is 0.364 e. The third-order valence-electron chi connectivity index (χ3n) is 5.21. The van der Waals surface area contributed by atoms with Gasteiger partial charge in [0.05, 0.1) is 11.1 Å². The van der Waals surface area contributed by atoms with E-state index in [4.69, 9.17) is 4.74 Å². The van der Waals surface area contributed by atoms with Gasteiger partial charge in [-0.3, -0.25) is 0 Å². The second-order valence-corrected chi connectivity index (χ2v) is 7.19. The first-order valence-corrected chi connectivity index (χ1v) is 9.01. The number of nitrogens with zero attached hydrogens (tertiary/aromatic N) is 1. The van der Waals surface area contributed by atoms with Gasteiger partial charge in [-0.2, -0.15) is 26.3 Å². The van der Waals surface area contributed by atoms with Crippen molar-refractivity contribution in [1.29, 1.82) is 0 Å². The zero-order chi connectivity index (χ0) is 20.7. The van der Waals surface area contributed by atoms with Gasteiger partial charge < -0.3 is 9.30 Å². The third-order valence-corrected chi connectivity index (χ3v) is 5.21. The Labute approximate surface area is 158 Å². The zero-order valence-corrected chi connectivity index (χ0v) is 15.5. The van der Waals surface area contributed by atoms with E-state index in [1.807, 2.05) is 0 Å². The first kappa shape index (κ1) is 20.8. The van der Waals surface area contributed by atoms with Crippen LogP contribution in [0.3, 0.4) is 0 Å². The lowest BCUT2D eigenvalue weighted by atomic mass is 9.94. The number of ether oxygens (including phenoxy) is 1. The van der Waals surface area contributed by atoms with Crippen LogP contribution in [0.1, 0.15) is 55.3 Å². The first-order valence-electron chi connectivity index (χ1n) is 9.01. The van der Waals surface area contributed by atoms with Gasteiger partial charge in [0.2, 0.25) is 0 Å². The van der Waals surface area contributed by atoms with Gasteiger partial charge in [0, 0.05) is 29.8 Å². The molecule has 2 nitrogen and oxygen atoms in total. The normalized spacial score (nSPS) is 17.1. The average Bonchev–Trinajstić information content (AvgIpc) is 3.18. The number of alkyl halides is 6. The van der Waals surface area contributed by atoms with E-state index in [0.29, 0.717) is 16.6 Å². The molecule has 154 valence electrons. The van der Waals surface area contributed by atoms with Crippen molar-refractivity contribution >= 4 is 16.5 Å². The number of aromatic nitrogens is 1. The second-order valence-electron chi connectivity index (χ2n) is 7.19. The molecule has 0 bridgehead atoms. The Hall–Kier alpha value is -1.96. The van der Waals surface area contributed by atoms with Crippen LogP contribution in [0.2, 0.25) is 0 Å². The lowest BCUT2D eigenvalue weighted by Gasteiger charge is -2.18. The summed E-state index contributed by atoms with van der Waals surface area (Å²) in [4.78, 5) is 0. The highest BCUT2D eigenvalue weighted by atomic mass is 19.4. The zero-order valence-electron chi connectivity index (χ0n) is 15.5. The van der Waals surface area contributed by atoms with E-state index in [1.54, 1.807) is 4.57 Å². The minimum Gasteiger partial charge on any atom is -0.364 e. The van der Waals surface area contributed by atoms with Crippen LogP contribution in [0.25, 0.3) is 16.5 Å². The number of rotatable bonds is 4. The molecule has 1 fully saturated rings. The maximum absolute atomic E-state index is 13.2. The fourth-order valence-electron chi connectivity index (χ4n) is 4.17. The quantitative estimate of drug-likeness (QED) is 0.506. The summed E-state index contributed by atoms with van der Waals surface area (Å²) in [7, 11) is 1.41. The molecule has 1 aliphatic carbocycles. The van der Waals surface area contributed by atoms with E-state index in [-0.39, 0.29) is 29.8 Å². The maximum Gasteiger partial charge on any atom is 0.416 e. The molecule has 3 rings (SSSR count).